The molecule has 1 aromatic rings. The molecule has 16 heavy (non-hydrogen) atoms. The molecule has 0 aliphatic rings. The molecule has 0 aliphatic carbocycles. The van der Waals surface area contributed by atoms with Crippen LogP contribution in [0, 0.1) is 0 Å². The highest BCUT2D eigenvalue weighted by atomic mass is 79.9. The summed E-state index contributed by atoms with van der Waals surface area (Å²) in [5, 5.41) is 3.31. The van der Waals surface area contributed by atoms with Crippen molar-refractivity contribution < 1.29 is 18.0 Å². The minimum Gasteiger partial charge on any atom is -0.297 e. The van der Waals surface area contributed by atoms with Crippen molar-refractivity contribution in [2.24, 2.45) is 5.10 Å². The first-order valence-electron chi connectivity index (χ1n) is 4.04. The van der Waals surface area contributed by atoms with Gasteiger partial charge in [-0.1, -0.05) is 15.9 Å². The van der Waals surface area contributed by atoms with Gasteiger partial charge in [0.2, 0.25) is 0 Å². The molecular weight excluding hydrogens is 289 g/mol. The van der Waals surface area contributed by atoms with E-state index in [0.29, 0.717) is 10.8 Å². The molecule has 1 N–H and O–H groups in total. The third-order valence-electron chi connectivity index (χ3n) is 1.61. The number of nitrogens with one attached hydrogen (secondary N) is 1. The zero-order valence-corrected chi connectivity index (χ0v) is 9.34. The normalized spacial score (nSPS) is 11.8. The van der Waals surface area contributed by atoms with Crippen LogP contribution in [0.3, 0.4) is 0 Å². The van der Waals surface area contributed by atoms with Crippen LogP contribution in [0.25, 0.3) is 0 Å². The van der Waals surface area contributed by atoms with Crippen LogP contribution in [0.5, 0.6) is 0 Å². The van der Waals surface area contributed by atoms with E-state index in [1.165, 1.54) is 12.1 Å². The Morgan fingerprint density at radius 1 is 1.38 bits per heavy atom. The van der Waals surface area contributed by atoms with Crippen molar-refractivity contribution in [1.82, 2.24) is 0 Å². The van der Waals surface area contributed by atoms with Crippen molar-refractivity contribution in [3.05, 3.63) is 28.2 Å². The lowest BCUT2D eigenvalue weighted by atomic mass is 10.2. The smallest absolute Gasteiger partial charge is 0.297 e. The molecule has 0 unspecified atom stereocenters. The van der Waals surface area contributed by atoms with Gasteiger partial charge in [0.05, 0.1) is 17.5 Å². The molecule has 1 rings (SSSR count). The number of benzene rings is 1. The molecule has 0 bridgehead atoms. The summed E-state index contributed by atoms with van der Waals surface area (Å²) in [7, 11) is 0. The lowest BCUT2D eigenvalue weighted by Crippen LogP contribution is -2.08. The van der Waals surface area contributed by atoms with E-state index in [1.54, 1.807) is 0 Å². The molecule has 7 heteroatoms. The van der Waals surface area contributed by atoms with Gasteiger partial charge in [-0.2, -0.15) is 18.3 Å². The quantitative estimate of drug-likeness (QED) is 0.529. The summed E-state index contributed by atoms with van der Waals surface area (Å²) in [4.78, 5) is 9.92. The van der Waals surface area contributed by atoms with Crippen molar-refractivity contribution >= 4 is 34.1 Å². The second kappa shape index (κ2) is 5.11. The van der Waals surface area contributed by atoms with Crippen LogP contribution in [-0.4, -0.2) is 12.5 Å². The number of carbonyl (C=O) groups is 1. The number of hydrazone groups is 1. The molecule has 0 amide bonds. The number of aldehydes is 1. The predicted molar refractivity (Wildman–Crippen MR) is 57.3 cm³/mol. The van der Waals surface area contributed by atoms with Gasteiger partial charge in [0.15, 0.2) is 6.29 Å². The van der Waals surface area contributed by atoms with E-state index in [1.807, 2.05) is 0 Å². The maximum Gasteiger partial charge on any atom is 0.418 e. The largest absolute Gasteiger partial charge is 0.418 e. The summed E-state index contributed by atoms with van der Waals surface area (Å²) >= 11 is 3.04. The summed E-state index contributed by atoms with van der Waals surface area (Å²) in [6.07, 6.45) is -3.29. The van der Waals surface area contributed by atoms with Gasteiger partial charge < -0.3 is 0 Å². The fraction of sp³-hybridized carbons (Fsp3) is 0.111. The molecule has 0 saturated carbocycles. The summed E-state index contributed by atoms with van der Waals surface area (Å²) in [5.74, 6) is 0. The Morgan fingerprint density at radius 2 is 2.06 bits per heavy atom. The molecule has 0 atom stereocenters. The lowest BCUT2D eigenvalue weighted by Gasteiger charge is -2.12. The predicted octanol–water partition coefficient (Wildman–Crippen LogP) is 3.06. The number of halogens is 4. The Bertz CT molecular complexity index is 418. The number of alkyl halides is 3. The minimum absolute atomic E-state index is 0.222. The summed E-state index contributed by atoms with van der Waals surface area (Å²) in [6, 6.07) is 3.42. The van der Waals surface area contributed by atoms with Gasteiger partial charge >= 0.3 is 6.18 Å². The second-order valence-corrected chi connectivity index (χ2v) is 3.63. The Labute approximate surface area is 97.5 Å². The monoisotopic (exact) mass is 294 g/mol. The highest BCUT2D eigenvalue weighted by Crippen LogP contribution is 2.36. The topological polar surface area (TPSA) is 41.5 Å². The van der Waals surface area contributed by atoms with Gasteiger partial charge in [0.1, 0.15) is 0 Å². The van der Waals surface area contributed by atoms with Crippen LogP contribution < -0.4 is 5.43 Å². The van der Waals surface area contributed by atoms with Crippen LogP contribution in [-0.2, 0) is 11.0 Å². The van der Waals surface area contributed by atoms with E-state index in [2.05, 4.69) is 26.5 Å². The Balaban J connectivity index is 3.08. The number of nitrogens with zero attached hydrogens (tertiary/aromatic N) is 1. The third-order valence-corrected chi connectivity index (χ3v) is 2.10. The Kier molecular flexibility index (Phi) is 4.05. The van der Waals surface area contributed by atoms with Gasteiger partial charge in [-0.3, -0.25) is 10.2 Å². The summed E-state index contributed by atoms with van der Waals surface area (Å²) in [5.41, 5.74) is 1.08. The molecular formula is C9H6BrF3N2O. The van der Waals surface area contributed by atoms with Crippen LogP contribution in [0.4, 0.5) is 18.9 Å². The lowest BCUT2D eigenvalue weighted by molar-refractivity contribution is -0.137. The fourth-order valence-electron chi connectivity index (χ4n) is 0.993. The molecule has 0 saturated heterocycles. The first-order chi connectivity index (χ1) is 7.45. The highest BCUT2D eigenvalue weighted by Gasteiger charge is 2.33. The first kappa shape index (κ1) is 12.7. The van der Waals surface area contributed by atoms with E-state index in [9.17, 15) is 18.0 Å². The third kappa shape index (κ3) is 3.34. The molecule has 0 aliphatic heterocycles. The maximum atomic E-state index is 12.5. The van der Waals surface area contributed by atoms with E-state index in [0.717, 1.165) is 12.3 Å². The number of hydrogen-bond donors (Lipinski definition) is 1. The average Bonchev–Trinajstić information content (AvgIpc) is 2.16. The zero-order valence-electron chi connectivity index (χ0n) is 7.75. The van der Waals surface area contributed by atoms with Gasteiger partial charge in [-0.15, -0.1) is 0 Å². The Morgan fingerprint density at radius 3 is 2.62 bits per heavy atom. The van der Waals surface area contributed by atoms with Gasteiger partial charge in [0, 0.05) is 4.47 Å². The molecule has 0 fully saturated rings. The molecule has 0 aromatic heterocycles. The maximum absolute atomic E-state index is 12.5. The van der Waals surface area contributed by atoms with Crippen LogP contribution in [0.15, 0.2) is 27.8 Å². The van der Waals surface area contributed by atoms with Gasteiger partial charge in [-0.25, -0.2) is 0 Å². The van der Waals surface area contributed by atoms with Gasteiger partial charge in [-0.05, 0) is 18.2 Å². The van der Waals surface area contributed by atoms with Crippen molar-refractivity contribution in [2.75, 3.05) is 5.43 Å². The second-order valence-electron chi connectivity index (χ2n) is 2.71. The fourth-order valence-corrected chi connectivity index (χ4v) is 1.35. The van der Waals surface area contributed by atoms with E-state index >= 15 is 0 Å². The van der Waals surface area contributed by atoms with Crippen LogP contribution >= 0.6 is 15.9 Å². The number of rotatable bonds is 3. The standard InChI is InChI=1S/C9H6BrF3N2O/c10-6-1-2-7(9(11,12)13)8(5-6)15-14-3-4-16/h1-5,15H. The Hall–Kier alpha value is -1.37. The van der Waals surface area contributed by atoms with Crippen molar-refractivity contribution in [3.63, 3.8) is 0 Å². The SMILES string of the molecule is O=CC=NNc1cc(Br)ccc1C(F)(F)F. The molecule has 3 nitrogen and oxygen atoms in total. The minimum atomic E-state index is -4.47. The van der Waals surface area contributed by atoms with Crippen molar-refractivity contribution in [2.45, 2.75) is 6.18 Å². The van der Waals surface area contributed by atoms with Gasteiger partial charge in [0.25, 0.3) is 0 Å². The molecule has 0 radical (unpaired) electrons. The number of carbonyl (C=O) groups excluding carboxylic acids is 1. The average molecular weight is 295 g/mol. The van der Waals surface area contributed by atoms with Crippen LogP contribution in [0.2, 0.25) is 0 Å². The highest BCUT2D eigenvalue weighted by molar-refractivity contribution is 9.10. The molecule has 86 valence electrons. The van der Waals surface area contributed by atoms with E-state index < -0.39 is 11.7 Å². The molecule has 0 heterocycles. The molecule has 1 aromatic carbocycles. The van der Waals surface area contributed by atoms with Crippen molar-refractivity contribution in [3.8, 4) is 0 Å². The summed E-state index contributed by atoms with van der Waals surface area (Å²) < 4.78 is 38.0. The number of hydrogen-bond acceptors (Lipinski definition) is 3. The van der Waals surface area contributed by atoms with E-state index in [-0.39, 0.29) is 5.69 Å². The summed E-state index contributed by atoms with van der Waals surface area (Å²) in [6.45, 7) is 0. The van der Waals surface area contributed by atoms with Crippen molar-refractivity contribution in [1.29, 1.82) is 0 Å². The zero-order chi connectivity index (χ0) is 12.2. The number of anilines is 1. The van der Waals surface area contributed by atoms with Crippen LogP contribution in [0.1, 0.15) is 5.56 Å². The molecule has 0 spiro atoms. The van der Waals surface area contributed by atoms with E-state index in [4.69, 9.17) is 0 Å². The first-order valence-corrected chi connectivity index (χ1v) is 4.84.